The molecule has 0 aliphatic carbocycles. The van der Waals surface area contributed by atoms with E-state index in [9.17, 15) is 4.79 Å². The molecule has 7 heteroatoms. The maximum atomic E-state index is 12.6. The van der Waals surface area contributed by atoms with Gasteiger partial charge in [0.05, 0.1) is 12.2 Å². The van der Waals surface area contributed by atoms with Crippen molar-refractivity contribution < 1.29 is 4.79 Å². The lowest BCUT2D eigenvalue weighted by Gasteiger charge is -2.36. The molecule has 0 spiro atoms. The first kappa shape index (κ1) is 16.7. The minimum Gasteiger partial charge on any atom is -0.352 e. The number of carbonyl (C=O) groups is 1. The number of rotatable bonds is 4. The molecule has 0 bridgehead atoms. The Balaban J connectivity index is 1.57. The fraction of sp³-hybridized carbons (Fsp3) is 0.471. The van der Waals surface area contributed by atoms with Crippen molar-refractivity contribution in [2.24, 2.45) is 5.92 Å². The lowest BCUT2D eigenvalue weighted by molar-refractivity contribution is 0.187. The van der Waals surface area contributed by atoms with Gasteiger partial charge in [0.1, 0.15) is 5.82 Å². The maximum absolute atomic E-state index is 12.6. The number of piperazine rings is 1. The molecule has 24 heavy (non-hydrogen) atoms. The van der Waals surface area contributed by atoms with Crippen LogP contribution in [0.25, 0.3) is 0 Å². The Bertz CT molecular complexity index is 638. The average Bonchev–Trinajstić information content (AvgIpc) is 3.14. The lowest BCUT2D eigenvalue weighted by atomic mass is 10.0. The largest absolute Gasteiger partial charge is 0.352 e. The summed E-state index contributed by atoms with van der Waals surface area (Å²) >= 11 is 1.69. The number of aromatic nitrogens is 2. The first-order valence-electron chi connectivity index (χ1n) is 8.25. The summed E-state index contributed by atoms with van der Waals surface area (Å²) in [6.45, 7) is 7.21. The van der Waals surface area contributed by atoms with E-state index in [0.29, 0.717) is 19.0 Å². The third-order valence-corrected chi connectivity index (χ3v) is 5.19. The molecule has 2 amide bonds. The second-order valence-corrected chi connectivity index (χ2v) is 7.20. The van der Waals surface area contributed by atoms with E-state index < -0.39 is 0 Å². The maximum Gasteiger partial charge on any atom is 0.318 e. The minimum atomic E-state index is 0.0147. The smallest absolute Gasteiger partial charge is 0.318 e. The molecule has 6 nitrogen and oxygen atoms in total. The van der Waals surface area contributed by atoms with Crippen LogP contribution < -0.4 is 10.2 Å². The molecule has 0 radical (unpaired) electrons. The monoisotopic (exact) mass is 345 g/mol. The molecule has 1 N–H and O–H groups in total. The van der Waals surface area contributed by atoms with Crippen LogP contribution in [0.3, 0.4) is 0 Å². The first-order chi connectivity index (χ1) is 11.6. The molecule has 1 saturated heterocycles. The van der Waals surface area contributed by atoms with Crippen LogP contribution in [-0.2, 0) is 0 Å². The summed E-state index contributed by atoms with van der Waals surface area (Å²) in [5.41, 5.74) is 0. The van der Waals surface area contributed by atoms with Crippen molar-refractivity contribution in [2.45, 2.75) is 19.9 Å². The molecule has 0 unspecified atom stereocenters. The van der Waals surface area contributed by atoms with Gasteiger partial charge in [0.25, 0.3) is 0 Å². The molecular weight excluding hydrogens is 322 g/mol. The third kappa shape index (κ3) is 3.84. The van der Waals surface area contributed by atoms with Crippen molar-refractivity contribution in [1.82, 2.24) is 20.2 Å². The predicted octanol–water partition coefficient (Wildman–Crippen LogP) is 2.77. The SMILES string of the molecule is CC(C)[C@H](NC(=O)N1CCN(c2cnccn2)CC1)c1cccs1. The fourth-order valence-corrected chi connectivity index (χ4v) is 3.80. The molecule has 1 fully saturated rings. The summed E-state index contributed by atoms with van der Waals surface area (Å²) in [6, 6.07) is 4.19. The van der Waals surface area contributed by atoms with Crippen LogP contribution in [0.1, 0.15) is 24.8 Å². The summed E-state index contributed by atoms with van der Waals surface area (Å²) < 4.78 is 0. The van der Waals surface area contributed by atoms with Crippen molar-refractivity contribution in [3.63, 3.8) is 0 Å². The molecule has 1 aliphatic heterocycles. The van der Waals surface area contributed by atoms with E-state index in [0.717, 1.165) is 18.9 Å². The first-order valence-corrected chi connectivity index (χ1v) is 9.13. The summed E-state index contributed by atoms with van der Waals surface area (Å²) in [7, 11) is 0. The predicted molar refractivity (Wildman–Crippen MR) is 96.2 cm³/mol. The molecule has 3 heterocycles. The number of amides is 2. The van der Waals surface area contributed by atoms with Gasteiger partial charge in [-0.05, 0) is 17.4 Å². The summed E-state index contributed by atoms with van der Waals surface area (Å²) in [4.78, 5) is 26.3. The Morgan fingerprint density at radius 1 is 1.25 bits per heavy atom. The number of thiophene rings is 1. The Hall–Kier alpha value is -2.15. The van der Waals surface area contributed by atoms with E-state index in [1.807, 2.05) is 11.0 Å². The highest BCUT2D eigenvalue weighted by molar-refractivity contribution is 7.10. The third-order valence-electron chi connectivity index (χ3n) is 4.24. The number of hydrogen-bond acceptors (Lipinski definition) is 5. The molecule has 0 saturated carbocycles. The highest BCUT2D eigenvalue weighted by Crippen LogP contribution is 2.26. The van der Waals surface area contributed by atoms with Crippen LogP contribution in [0.2, 0.25) is 0 Å². The highest BCUT2D eigenvalue weighted by atomic mass is 32.1. The molecule has 2 aromatic rings. The average molecular weight is 345 g/mol. The van der Waals surface area contributed by atoms with Crippen LogP contribution in [0.5, 0.6) is 0 Å². The molecule has 2 aromatic heterocycles. The number of carbonyl (C=O) groups excluding carboxylic acids is 1. The number of urea groups is 1. The van der Waals surface area contributed by atoms with E-state index in [2.05, 4.69) is 45.5 Å². The van der Waals surface area contributed by atoms with Crippen LogP contribution >= 0.6 is 11.3 Å². The second kappa shape index (κ2) is 7.61. The van der Waals surface area contributed by atoms with Crippen molar-refractivity contribution in [2.75, 3.05) is 31.1 Å². The van der Waals surface area contributed by atoms with Gasteiger partial charge < -0.3 is 15.1 Å². The van der Waals surface area contributed by atoms with Gasteiger partial charge in [-0.15, -0.1) is 11.3 Å². The minimum absolute atomic E-state index is 0.0147. The van der Waals surface area contributed by atoms with Gasteiger partial charge in [-0.2, -0.15) is 0 Å². The molecule has 128 valence electrons. The van der Waals surface area contributed by atoms with Crippen LogP contribution in [0.4, 0.5) is 10.6 Å². The van der Waals surface area contributed by atoms with Gasteiger partial charge in [0, 0.05) is 43.4 Å². The molecule has 0 aromatic carbocycles. The second-order valence-electron chi connectivity index (χ2n) is 6.22. The van der Waals surface area contributed by atoms with Crippen molar-refractivity contribution in [3.8, 4) is 0 Å². The Labute approximate surface area is 146 Å². The van der Waals surface area contributed by atoms with Gasteiger partial charge in [-0.1, -0.05) is 19.9 Å². The quantitative estimate of drug-likeness (QED) is 0.926. The van der Waals surface area contributed by atoms with Crippen molar-refractivity contribution in [3.05, 3.63) is 41.0 Å². The molecular formula is C17H23N5OS. The van der Waals surface area contributed by atoms with Crippen molar-refractivity contribution in [1.29, 1.82) is 0 Å². The Morgan fingerprint density at radius 2 is 2.04 bits per heavy atom. The van der Waals surface area contributed by atoms with E-state index in [1.165, 1.54) is 4.88 Å². The van der Waals surface area contributed by atoms with E-state index in [4.69, 9.17) is 0 Å². The van der Waals surface area contributed by atoms with Crippen LogP contribution in [-0.4, -0.2) is 47.1 Å². The molecule has 3 rings (SSSR count). The normalized spacial score (nSPS) is 16.3. The molecule has 1 atom stereocenters. The fourth-order valence-electron chi connectivity index (χ4n) is 2.85. The standard InChI is InChI=1S/C17H23N5OS/c1-13(2)16(14-4-3-11-24-14)20-17(23)22-9-7-21(8-10-22)15-12-18-5-6-19-15/h3-6,11-13,16H,7-10H2,1-2H3,(H,20,23)/t16-/m0/s1. The van der Waals surface area contributed by atoms with Gasteiger partial charge >= 0.3 is 6.03 Å². The van der Waals surface area contributed by atoms with Crippen LogP contribution in [0.15, 0.2) is 36.1 Å². The highest BCUT2D eigenvalue weighted by Gasteiger charge is 2.25. The van der Waals surface area contributed by atoms with Gasteiger partial charge in [0.15, 0.2) is 0 Å². The van der Waals surface area contributed by atoms with Gasteiger partial charge in [0.2, 0.25) is 0 Å². The van der Waals surface area contributed by atoms with Gasteiger partial charge in [-0.25, -0.2) is 9.78 Å². The number of anilines is 1. The Kier molecular flexibility index (Phi) is 5.30. The molecule has 1 aliphatic rings. The van der Waals surface area contributed by atoms with E-state index >= 15 is 0 Å². The van der Waals surface area contributed by atoms with E-state index in [1.54, 1.807) is 29.9 Å². The number of nitrogens with one attached hydrogen (secondary N) is 1. The van der Waals surface area contributed by atoms with Gasteiger partial charge in [-0.3, -0.25) is 4.98 Å². The van der Waals surface area contributed by atoms with Crippen molar-refractivity contribution >= 4 is 23.2 Å². The Morgan fingerprint density at radius 3 is 2.62 bits per heavy atom. The summed E-state index contributed by atoms with van der Waals surface area (Å²) in [6.07, 6.45) is 5.13. The number of nitrogens with zero attached hydrogens (tertiary/aromatic N) is 4. The lowest BCUT2D eigenvalue weighted by Crippen LogP contribution is -2.52. The zero-order chi connectivity index (χ0) is 16.9. The zero-order valence-electron chi connectivity index (χ0n) is 14.1. The topological polar surface area (TPSA) is 61.4 Å². The number of hydrogen-bond donors (Lipinski definition) is 1. The van der Waals surface area contributed by atoms with E-state index in [-0.39, 0.29) is 12.1 Å². The zero-order valence-corrected chi connectivity index (χ0v) is 14.9. The summed E-state index contributed by atoms with van der Waals surface area (Å²) in [5, 5.41) is 5.25. The summed E-state index contributed by atoms with van der Waals surface area (Å²) in [5.74, 6) is 1.23. The van der Waals surface area contributed by atoms with Crippen LogP contribution in [0, 0.1) is 5.92 Å².